The summed E-state index contributed by atoms with van der Waals surface area (Å²) >= 11 is 0. The van der Waals surface area contributed by atoms with Gasteiger partial charge in [-0.3, -0.25) is 4.68 Å². The zero-order chi connectivity index (χ0) is 12.7. The quantitative estimate of drug-likeness (QED) is 0.705. The lowest BCUT2D eigenvalue weighted by Gasteiger charge is -2.16. The standard InChI is InChI=1S/C14H27N3/c1-5-7-8-9-13(15-4)11-14-10-12(3)16-17(14)6-2/h10,13,15H,5-9,11H2,1-4H3. The molecule has 0 saturated heterocycles. The second-order valence-electron chi connectivity index (χ2n) is 4.78. The molecule has 0 saturated carbocycles. The van der Waals surface area contributed by atoms with Crippen molar-refractivity contribution in [1.82, 2.24) is 15.1 Å². The lowest BCUT2D eigenvalue weighted by atomic mass is 10.0. The monoisotopic (exact) mass is 237 g/mol. The van der Waals surface area contributed by atoms with Crippen LogP contribution in [0, 0.1) is 6.92 Å². The highest BCUT2D eigenvalue weighted by Crippen LogP contribution is 2.11. The highest BCUT2D eigenvalue weighted by atomic mass is 15.3. The number of aromatic nitrogens is 2. The van der Waals surface area contributed by atoms with Gasteiger partial charge in [-0.1, -0.05) is 26.2 Å². The smallest absolute Gasteiger partial charge is 0.0596 e. The minimum absolute atomic E-state index is 0.586. The van der Waals surface area contributed by atoms with Crippen molar-refractivity contribution in [2.75, 3.05) is 7.05 Å². The Balaban J connectivity index is 2.53. The Morgan fingerprint density at radius 2 is 2.12 bits per heavy atom. The summed E-state index contributed by atoms with van der Waals surface area (Å²) in [6.07, 6.45) is 6.31. The summed E-state index contributed by atoms with van der Waals surface area (Å²) in [6.45, 7) is 7.45. The maximum Gasteiger partial charge on any atom is 0.0596 e. The van der Waals surface area contributed by atoms with Gasteiger partial charge in [-0.05, 0) is 33.4 Å². The molecule has 1 unspecified atom stereocenters. The molecule has 0 radical (unpaired) electrons. The van der Waals surface area contributed by atoms with Crippen molar-refractivity contribution in [2.24, 2.45) is 0 Å². The molecule has 0 aromatic carbocycles. The van der Waals surface area contributed by atoms with Gasteiger partial charge in [-0.25, -0.2) is 0 Å². The molecule has 1 aromatic heterocycles. The third kappa shape index (κ3) is 4.50. The van der Waals surface area contributed by atoms with Crippen LogP contribution in [0.3, 0.4) is 0 Å². The van der Waals surface area contributed by atoms with Crippen molar-refractivity contribution in [2.45, 2.75) is 65.5 Å². The van der Waals surface area contributed by atoms with Gasteiger partial charge in [0.1, 0.15) is 0 Å². The fraction of sp³-hybridized carbons (Fsp3) is 0.786. The minimum Gasteiger partial charge on any atom is -0.317 e. The maximum atomic E-state index is 4.50. The fourth-order valence-electron chi connectivity index (χ4n) is 2.28. The molecular formula is C14H27N3. The van der Waals surface area contributed by atoms with E-state index in [1.165, 1.54) is 31.4 Å². The van der Waals surface area contributed by atoms with Crippen LogP contribution in [-0.2, 0) is 13.0 Å². The number of hydrogen-bond acceptors (Lipinski definition) is 2. The van der Waals surface area contributed by atoms with Crippen molar-refractivity contribution in [3.8, 4) is 0 Å². The van der Waals surface area contributed by atoms with Crippen LogP contribution in [0.5, 0.6) is 0 Å². The van der Waals surface area contributed by atoms with E-state index in [0.29, 0.717) is 6.04 Å². The van der Waals surface area contributed by atoms with E-state index in [1.807, 2.05) is 0 Å². The number of likely N-dealkylation sites (N-methyl/N-ethyl adjacent to an activating group) is 1. The molecule has 0 aliphatic heterocycles. The maximum absolute atomic E-state index is 4.50. The van der Waals surface area contributed by atoms with E-state index >= 15 is 0 Å². The summed E-state index contributed by atoms with van der Waals surface area (Å²) in [7, 11) is 2.07. The molecular weight excluding hydrogens is 210 g/mol. The van der Waals surface area contributed by atoms with Gasteiger partial charge in [0.15, 0.2) is 0 Å². The Morgan fingerprint density at radius 1 is 1.35 bits per heavy atom. The topological polar surface area (TPSA) is 29.9 Å². The first-order valence-corrected chi connectivity index (χ1v) is 6.91. The van der Waals surface area contributed by atoms with E-state index in [1.54, 1.807) is 0 Å². The Morgan fingerprint density at radius 3 is 2.71 bits per heavy atom. The normalized spacial score (nSPS) is 12.9. The molecule has 1 rings (SSSR count). The van der Waals surface area contributed by atoms with Gasteiger partial charge in [0, 0.05) is 24.7 Å². The van der Waals surface area contributed by atoms with E-state index in [-0.39, 0.29) is 0 Å². The zero-order valence-corrected chi connectivity index (χ0v) is 11.8. The number of nitrogens with one attached hydrogen (secondary N) is 1. The van der Waals surface area contributed by atoms with Crippen LogP contribution >= 0.6 is 0 Å². The predicted molar refractivity (Wildman–Crippen MR) is 73.3 cm³/mol. The molecule has 17 heavy (non-hydrogen) atoms. The fourth-order valence-corrected chi connectivity index (χ4v) is 2.28. The van der Waals surface area contributed by atoms with Crippen LogP contribution in [0.1, 0.15) is 50.9 Å². The Kier molecular flexibility index (Phi) is 6.27. The predicted octanol–water partition coefficient (Wildman–Crippen LogP) is 2.92. The van der Waals surface area contributed by atoms with E-state index < -0.39 is 0 Å². The second-order valence-corrected chi connectivity index (χ2v) is 4.78. The Labute approximate surface area is 106 Å². The van der Waals surface area contributed by atoms with E-state index in [4.69, 9.17) is 0 Å². The molecule has 0 aliphatic rings. The van der Waals surface area contributed by atoms with Gasteiger partial charge in [0.2, 0.25) is 0 Å². The minimum atomic E-state index is 0.586. The van der Waals surface area contributed by atoms with Crippen LogP contribution in [0.2, 0.25) is 0 Å². The van der Waals surface area contributed by atoms with Gasteiger partial charge in [-0.15, -0.1) is 0 Å². The molecule has 3 nitrogen and oxygen atoms in total. The molecule has 0 bridgehead atoms. The lowest BCUT2D eigenvalue weighted by molar-refractivity contribution is 0.471. The van der Waals surface area contributed by atoms with Gasteiger partial charge in [0.05, 0.1) is 5.69 Å². The molecule has 0 aliphatic carbocycles. The van der Waals surface area contributed by atoms with Gasteiger partial charge >= 0.3 is 0 Å². The first-order valence-electron chi connectivity index (χ1n) is 6.91. The summed E-state index contributed by atoms with van der Waals surface area (Å²) in [5.41, 5.74) is 2.49. The summed E-state index contributed by atoms with van der Waals surface area (Å²) in [4.78, 5) is 0. The van der Waals surface area contributed by atoms with Gasteiger partial charge < -0.3 is 5.32 Å². The summed E-state index contributed by atoms with van der Waals surface area (Å²) in [6, 6.07) is 2.80. The first kappa shape index (κ1) is 14.2. The van der Waals surface area contributed by atoms with Gasteiger partial charge in [0.25, 0.3) is 0 Å². The molecule has 1 heterocycles. The van der Waals surface area contributed by atoms with Crippen LogP contribution in [0.15, 0.2) is 6.07 Å². The zero-order valence-electron chi connectivity index (χ0n) is 11.8. The Hall–Kier alpha value is -0.830. The number of nitrogens with zero attached hydrogens (tertiary/aromatic N) is 2. The van der Waals surface area contributed by atoms with Crippen LogP contribution < -0.4 is 5.32 Å². The van der Waals surface area contributed by atoms with Crippen molar-refractivity contribution < 1.29 is 0 Å². The van der Waals surface area contributed by atoms with Crippen LogP contribution in [-0.4, -0.2) is 22.9 Å². The third-order valence-electron chi connectivity index (χ3n) is 3.30. The number of aryl methyl sites for hydroxylation is 2. The SMILES string of the molecule is CCCCCC(Cc1cc(C)nn1CC)NC. The number of rotatable bonds is 8. The van der Waals surface area contributed by atoms with E-state index in [9.17, 15) is 0 Å². The lowest BCUT2D eigenvalue weighted by Crippen LogP contribution is -2.28. The summed E-state index contributed by atoms with van der Waals surface area (Å²) in [5, 5.41) is 7.93. The summed E-state index contributed by atoms with van der Waals surface area (Å²) < 4.78 is 2.12. The van der Waals surface area contributed by atoms with Crippen LogP contribution in [0.4, 0.5) is 0 Å². The van der Waals surface area contributed by atoms with E-state index in [0.717, 1.165) is 18.7 Å². The van der Waals surface area contributed by atoms with Crippen molar-refractivity contribution in [1.29, 1.82) is 0 Å². The van der Waals surface area contributed by atoms with E-state index in [2.05, 4.69) is 49.0 Å². The average Bonchev–Trinajstić information content (AvgIpc) is 2.68. The number of unbranched alkanes of at least 4 members (excludes halogenated alkanes) is 2. The van der Waals surface area contributed by atoms with Crippen molar-refractivity contribution in [3.05, 3.63) is 17.5 Å². The molecule has 0 spiro atoms. The third-order valence-corrected chi connectivity index (χ3v) is 3.30. The second kappa shape index (κ2) is 7.49. The van der Waals surface area contributed by atoms with Gasteiger partial charge in [-0.2, -0.15) is 5.10 Å². The van der Waals surface area contributed by atoms with Crippen LogP contribution in [0.25, 0.3) is 0 Å². The molecule has 0 fully saturated rings. The summed E-state index contributed by atoms with van der Waals surface area (Å²) in [5.74, 6) is 0. The molecule has 0 amide bonds. The molecule has 1 N–H and O–H groups in total. The molecule has 3 heteroatoms. The molecule has 1 atom stereocenters. The Bertz CT molecular complexity index is 317. The largest absolute Gasteiger partial charge is 0.317 e. The first-order chi connectivity index (χ1) is 8.21. The highest BCUT2D eigenvalue weighted by molar-refractivity contribution is 5.10. The van der Waals surface area contributed by atoms with Crippen molar-refractivity contribution >= 4 is 0 Å². The highest BCUT2D eigenvalue weighted by Gasteiger charge is 2.11. The number of hydrogen-bond donors (Lipinski definition) is 1. The molecule has 1 aromatic rings. The average molecular weight is 237 g/mol. The molecule has 98 valence electrons. The van der Waals surface area contributed by atoms with Crippen molar-refractivity contribution in [3.63, 3.8) is 0 Å².